The third-order valence-corrected chi connectivity index (χ3v) is 3.27. The molecular weight excluding hydrogens is 146 g/mol. The van der Waals surface area contributed by atoms with Gasteiger partial charge in [-0.3, -0.25) is 0 Å². The van der Waals surface area contributed by atoms with E-state index in [2.05, 4.69) is 18.3 Å². The van der Waals surface area contributed by atoms with E-state index in [1.807, 2.05) is 0 Å². The summed E-state index contributed by atoms with van der Waals surface area (Å²) in [7, 11) is 0. The van der Waals surface area contributed by atoms with Gasteiger partial charge in [0.25, 0.3) is 0 Å². The molecule has 0 spiro atoms. The van der Waals surface area contributed by atoms with E-state index >= 15 is 0 Å². The first-order chi connectivity index (χ1) is 5.86. The van der Waals surface area contributed by atoms with Gasteiger partial charge in [-0.2, -0.15) is 0 Å². The first-order valence-electron chi connectivity index (χ1n) is 5.27. The minimum Gasteiger partial charge on any atom is -0.316 e. The second-order valence-electron chi connectivity index (χ2n) is 4.29. The zero-order chi connectivity index (χ0) is 8.39. The van der Waals surface area contributed by atoms with Crippen molar-refractivity contribution in [2.45, 2.75) is 32.6 Å². The molecule has 1 saturated carbocycles. The summed E-state index contributed by atoms with van der Waals surface area (Å²) < 4.78 is 0. The third kappa shape index (κ3) is 1.71. The molecule has 1 atom stereocenters. The molecule has 0 aromatic heterocycles. The van der Waals surface area contributed by atoms with E-state index in [1.54, 1.807) is 5.57 Å². The first kappa shape index (κ1) is 8.31. The fraction of sp³-hybridized carbons (Fsp3) is 0.818. The SMILES string of the molecule is CC1CNCC/C1=C/C1CCC1. The maximum atomic E-state index is 3.43. The van der Waals surface area contributed by atoms with E-state index in [1.165, 1.54) is 38.8 Å². The molecule has 1 heteroatoms. The van der Waals surface area contributed by atoms with Gasteiger partial charge in [-0.1, -0.05) is 25.0 Å². The van der Waals surface area contributed by atoms with E-state index < -0.39 is 0 Å². The Morgan fingerprint density at radius 1 is 1.42 bits per heavy atom. The second kappa shape index (κ2) is 3.61. The molecule has 1 N–H and O–H groups in total. The van der Waals surface area contributed by atoms with E-state index in [9.17, 15) is 0 Å². The molecule has 0 aromatic carbocycles. The van der Waals surface area contributed by atoms with Crippen LogP contribution in [0, 0.1) is 11.8 Å². The highest BCUT2D eigenvalue weighted by molar-refractivity contribution is 5.12. The summed E-state index contributed by atoms with van der Waals surface area (Å²) in [5, 5.41) is 3.43. The van der Waals surface area contributed by atoms with Crippen LogP contribution < -0.4 is 5.32 Å². The summed E-state index contributed by atoms with van der Waals surface area (Å²) in [5.74, 6) is 1.74. The fourth-order valence-corrected chi connectivity index (χ4v) is 2.09. The van der Waals surface area contributed by atoms with Gasteiger partial charge in [0.15, 0.2) is 0 Å². The summed E-state index contributed by atoms with van der Waals surface area (Å²) in [6, 6.07) is 0. The highest BCUT2D eigenvalue weighted by Gasteiger charge is 2.19. The zero-order valence-electron chi connectivity index (χ0n) is 7.97. The molecule has 0 radical (unpaired) electrons. The molecular formula is C11H19N. The lowest BCUT2D eigenvalue weighted by molar-refractivity contribution is 0.378. The van der Waals surface area contributed by atoms with Crippen LogP contribution in [0.5, 0.6) is 0 Å². The van der Waals surface area contributed by atoms with Crippen molar-refractivity contribution in [3.63, 3.8) is 0 Å². The van der Waals surface area contributed by atoms with Crippen LogP contribution in [0.15, 0.2) is 11.6 Å². The van der Waals surface area contributed by atoms with Crippen molar-refractivity contribution in [3.8, 4) is 0 Å². The Balaban J connectivity index is 1.94. The maximum absolute atomic E-state index is 3.43. The van der Waals surface area contributed by atoms with Gasteiger partial charge in [0.1, 0.15) is 0 Å². The van der Waals surface area contributed by atoms with Gasteiger partial charge >= 0.3 is 0 Å². The summed E-state index contributed by atoms with van der Waals surface area (Å²) in [6.45, 7) is 4.73. The van der Waals surface area contributed by atoms with Crippen LogP contribution in [0.25, 0.3) is 0 Å². The minimum absolute atomic E-state index is 0.791. The molecule has 68 valence electrons. The largest absolute Gasteiger partial charge is 0.316 e. The standard InChI is InChI=1S/C11H19N/c1-9-8-12-6-5-11(9)7-10-3-2-4-10/h7,9-10,12H,2-6,8H2,1H3/b11-7-. The van der Waals surface area contributed by atoms with Crippen LogP contribution in [0.4, 0.5) is 0 Å². The normalized spacial score (nSPS) is 35.1. The molecule has 2 aliphatic rings. The smallest absolute Gasteiger partial charge is 0.00143 e. The number of allylic oxidation sites excluding steroid dienone is 1. The van der Waals surface area contributed by atoms with Crippen LogP contribution in [0.3, 0.4) is 0 Å². The van der Waals surface area contributed by atoms with Crippen LogP contribution in [0.1, 0.15) is 32.6 Å². The average molecular weight is 165 g/mol. The van der Waals surface area contributed by atoms with E-state index in [-0.39, 0.29) is 0 Å². The van der Waals surface area contributed by atoms with Crippen molar-refractivity contribution in [2.24, 2.45) is 11.8 Å². The lowest BCUT2D eigenvalue weighted by Crippen LogP contribution is -2.30. The number of nitrogens with one attached hydrogen (secondary N) is 1. The van der Waals surface area contributed by atoms with Crippen molar-refractivity contribution in [2.75, 3.05) is 13.1 Å². The Bertz CT molecular complexity index is 179. The van der Waals surface area contributed by atoms with Crippen molar-refractivity contribution >= 4 is 0 Å². The molecule has 1 nitrogen and oxygen atoms in total. The van der Waals surface area contributed by atoms with Crippen molar-refractivity contribution in [1.82, 2.24) is 5.32 Å². The number of hydrogen-bond donors (Lipinski definition) is 1. The molecule has 1 saturated heterocycles. The molecule has 0 aromatic rings. The van der Waals surface area contributed by atoms with Crippen LogP contribution in [-0.2, 0) is 0 Å². The summed E-state index contributed by atoms with van der Waals surface area (Å²) in [5.41, 5.74) is 1.72. The first-order valence-corrected chi connectivity index (χ1v) is 5.27. The number of hydrogen-bond acceptors (Lipinski definition) is 1. The zero-order valence-corrected chi connectivity index (χ0v) is 7.97. The van der Waals surface area contributed by atoms with Crippen molar-refractivity contribution in [1.29, 1.82) is 0 Å². The highest BCUT2D eigenvalue weighted by Crippen LogP contribution is 2.31. The van der Waals surface area contributed by atoms with Crippen LogP contribution >= 0.6 is 0 Å². The van der Waals surface area contributed by atoms with Gasteiger partial charge in [0.2, 0.25) is 0 Å². The van der Waals surface area contributed by atoms with Gasteiger partial charge in [0, 0.05) is 6.54 Å². The Hall–Kier alpha value is -0.300. The molecule has 1 aliphatic carbocycles. The third-order valence-electron chi connectivity index (χ3n) is 3.27. The van der Waals surface area contributed by atoms with Crippen molar-refractivity contribution in [3.05, 3.63) is 11.6 Å². The minimum atomic E-state index is 0.791. The predicted octanol–water partition coefficient (Wildman–Crippen LogP) is 2.34. The highest BCUT2D eigenvalue weighted by atomic mass is 14.9. The Labute approximate surface area is 75.2 Å². The lowest BCUT2D eigenvalue weighted by atomic mass is 9.81. The molecule has 0 amide bonds. The van der Waals surface area contributed by atoms with Gasteiger partial charge < -0.3 is 5.32 Å². The fourth-order valence-electron chi connectivity index (χ4n) is 2.09. The molecule has 1 unspecified atom stereocenters. The molecule has 2 rings (SSSR count). The summed E-state index contributed by atoms with van der Waals surface area (Å²) in [6.07, 6.45) is 8.21. The Morgan fingerprint density at radius 3 is 2.83 bits per heavy atom. The number of piperidine rings is 1. The summed E-state index contributed by atoms with van der Waals surface area (Å²) >= 11 is 0. The topological polar surface area (TPSA) is 12.0 Å². The van der Waals surface area contributed by atoms with Crippen molar-refractivity contribution < 1.29 is 0 Å². The summed E-state index contributed by atoms with van der Waals surface area (Å²) in [4.78, 5) is 0. The maximum Gasteiger partial charge on any atom is 0.00143 e. The monoisotopic (exact) mass is 165 g/mol. The van der Waals surface area contributed by atoms with Crippen LogP contribution in [-0.4, -0.2) is 13.1 Å². The molecule has 1 aliphatic heterocycles. The molecule has 12 heavy (non-hydrogen) atoms. The van der Waals surface area contributed by atoms with Gasteiger partial charge in [-0.15, -0.1) is 0 Å². The van der Waals surface area contributed by atoms with Gasteiger partial charge in [0.05, 0.1) is 0 Å². The van der Waals surface area contributed by atoms with E-state index in [0.717, 1.165) is 11.8 Å². The van der Waals surface area contributed by atoms with Gasteiger partial charge in [-0.05, 0) is 37.6 Å². The van der Waals surface area contributed by atoms with E-state index in [4.69, 9.17) is 0 Å². The number of rotatable bonds is 1. The molecule has 1 heterocycles. The quantitative estimate of drug-likeness (QED) is 0.588. The van der Waals surface area contributed by atoms with Crippen LogP contribution in [0.2, 0.25) is 0 Å². The average Bonchev–Trinajstić information content (AvgIpc) is 2.00. The molecule has 2 fully saturated rings. The van der Waals surface area contributed by atoms with Gasteiger partial charge in [-0.25, -0.2) is 0 Å². The molecule has 0 bridgehead atoms. The Morgan fingerprint density at radius 2 is 2.25 bits per heavy atom. The van der Waals surface area contributed by atoms with E-state index in [0.29, 0.717) is 0 Å². The second-order valence-corrected chi connectivity index (χ2v) is 4.29. The lowest BCUT2D eigenvalue weighted by Gasteiger charge is -2.28. The predicted molar refractivity (Wildman–Crippen MR) is 52.1 cm³/mol. The Kier molecular flexibility index (Phi) is 2.50.